The number of carbonyl (C=O) groups is 1. The van der Waals surface area contributed by atoms with Gasteiger partial charge in [0, 0.05) is 18.3 Å². The summed E-state index contributed by atoms with van der Waals surface area (Å²) in [6.07, 6.45) is 1.29. The molecule has 0 spiro atoms. The highest BCUT2D eigenvalue weighted by Crippen LogP contribution is 2.34. The number of phenols is 3. The van der Waals surface area contributed by atoms with E-state index in [1.165, 1.54) is 18.3 Å². The van der Waals surface area contributed by atoms with E-state index in [0.29, 0.717) is 0 Å². The molecular formula is C12H9NO5. The largest absolute Gasteiger partial charge is 0.508 e. The number of ketones is 1. The molecule has 0 aliphatic heterocycles. The van der Waals surface area contributed by atoms with Gasteiger partial charge in [0.05, 0.1) is 0 Å². The van der Waals surface area contributed by atoms with Crippen molar-refractivity contribution in [2.75, 3.05) is 0 Å². The minimum Gasteiger partial charge on any atom is -0.508 e. The van der Waals surface area contributed by atoms with Crippen LogP contribution in [0.3, 0.4) is 0 Å². The van der Waals surface area contributed by atoms with Gasteiger partial charge in [-0.2, -0.15) is 0 Å². The second-order valence-electron chi connectivity index (χ2n) is 3.56. The maximum absolute atomic E-state index is 12.0. The summed E-state index contributed by atoms with van der Waals surface area (Å²) in [6, 6.07) is 4.51. The third-order valence-corrected chi connectivity index (χ3v) is 2.31. The molecule has 0 atom stereocenters. The van der Waals surface area contributed by atoms with E-state index in [9.17, 15) is 20.1 Å². The molecule has 1 aromatic heterocycles. The van der Waals surface area contributed by atoms with Crippen molar-refractivity contribution < 1.29 is 25.2 Å². The van der Waals surface area contributed by atoms with Crippen molar-refractivity contribution >= 4 is 5.78 Å². The Morgan fingerprint density at radius 1 is 1.00 bits per heavy atom. The molecule has 92 valence electrons. The lowest BCUT2D eigenvalue weighted by molar-refractivity contribution is 0.102. The Labute approximate surface area is 101 Å². The predicted molar refractivity (Wildman–Crippen MR) is 60.8 cm³/mol. The molecular weight excluding hydrogens is 238 g/mol. The minimum atomic E-state index is -0.844. The first-order chi connectivity index (χ1) is 8.50. The molecule has 2 rings (SSSR count). The van der Waals surface area contributed by atoms with E-state index in [4.69, 9.17) is 5.11 Å². The van der Waals surface area contributed by atoms with Gasteiger partial charge in [-0.15, -0.1) is 0 Å². The molecule has 0 amide bonds. The Hall–Kier alpha value is -2.76. The van der Waals surface area contributed by atoms with Crippen LogP contribution in [0.4, 0.5) is 0 Å². The fourth-order valence-corrected chi connectivity index (χ4v) is 1.52. The Bertz CT molecular complexity index is 601. The Kier molecular flexibility index (Phi) is 2.77. The number of carbonyl (C=O) groups excluding carboxylic acids is 1. The number of hydrogen-bond donors (Lipinski definition) is 4. The van der Waals surface area contributed by atoms with Crippen LogP contribution in [-0.4, -0.2) is 31.2 Å². The third-order valence-electron chi connectivity index (χ3n) is 2.31. The molecule has 0 aliphatic carbocycles. The van der Waals surface area contributed by atoms with E-state index >= 15 is 0 Å². The van der Waals surface area contributed by atoms with Gasteiger partial charge in [0.1, 0.15) is 28.6 Å². The Morgan fingerprint density at radius 3 is 2.17 bits per heavy atom. The predicted octanol–water partition coefficient (Wildman–Crippen LogP) is 1.14. The SMILES string of the molecule is O=C(c1ncccc1O)c1c(O)cc(O)cc1O. The number of hydrogen-bond acceptors (Lipinski definition) is 6. The summed E-state index contributed by atoms with van der Waals surface area (Å²) in [4.78, 5) is 15.7. The topological polar surface area (TPSA) is 111 Å². The van der Waals surface area contributed by atoms with Gasteiger partial charge >= 0.3 is 0 Å². The number of rotatable bonds is 2. The summed E-state index contributed by atoms with van der Waals surface area (Å²) < 4.78 is 0. The molecule has 0 radical (unpaired) electrons. The first-order valence-electron chi connectivity index (χ1n) is 4.94. The quantitative estimate of drug-likeness (QED) is 0.592. The van der Waals surface area contributed by atoms with Crippen molar-refractivity contribution in [1.29, 1.82) is 0 Å². The molecule has 2 aromatic rings. The molecule has 18 heavy (non-hydrogen) atoms. The van der Waals surface area contributed by atoms with Gasteiger partial charge in [-0.25, -0.2) is 4.98 Å². The zero-order valence-corrected chi connectivity index (χ0v) is 9.03. The fraction of sp³-hybridized carbons (Fsp3) is 0. The van der Waals surface area contributed by atoms with Crippen LogP contribution >= 0.6 is 0 Å². The van der Waals surface area contributed by atoms with E-state index in [0.717, 1.165) is 12.1 Å². The molecule has 0 unspecified atom stereocenters. The van der Waals surface area contributed by atoms with Gasteiger partial charge < -0.3 is 20.4 Å². The molecule has 1 aromatic carbocycles. The summed E-state index contributed by atoms with van der Waals surface area (Å²) in [5.74, 6) is -2.78. The number of aromatic nitrogens is 1. The molecule has 0 saturated heterocycles. The molecule has 0 bridgehead atoms. The van der Waals surface area contributed by atoms with Gasteiger partial charge in [0.25, 0.3) is 0 Å². The lowest BCUT2D eigenvalue weighted by Crippen LogP contribution is -2.05. The number of aromatic hydroxyl groups is 4. The summed E-state index contributed by atoms with van der Waals surface area (Å²) in [7, 11) is 0. The van der Waals surface area contributed by atoms with Crippen LogP contribution in [0.15, 0.2) is 30.5 Å². The van der Waals surface area contributed by atoms with E-state index in [1.54, 1.807) is 0 Å². The van der Waals surface area contributed by atoms with Crippen molar-refractivity contribution in [3.8, 4) is 23.0 Å². The van der Waals surface area contributed by atoms with E-state index in [1.807, 2.05) is 0 Å². The van der Waals surface area contributed by atoms with Crippen LogP contribution in [0.1, 0.15) is 16.1 Å². The van der Waals surface area contributed by atoms with Gasteiger partial charge in [0.2, 0.25) is 5.78 Å². The van der Waals surface area contributed by atoms with Crippen LogP contribution in [-0.2, 0) is 0 Å². The first kappa shape index (κ1) is 11.7. The number of pyridine rings is 1. The van der Waals surface area contributed by atoms with Crippen molar-refractivity contribution in [2.24, 2.45) is 0 Å². The highest BCUT2D eigenvalue weighted by molar-refractivity contribution is 6.12. The average Bonchev–Trinajstić information content (AvgIpc) is 2.27. The van der Waals surface area contributed by atoms with Gasteiger partial charge in [-0.3, -0.25) is 4.79 Å². The standard InChI is InChI=1S/C12H9NO5/c14-6-4-8(16)10(9(17)5-6)12(18)11-7(15)2-1-3-13-11/h1-5,14-17H. The molecule has 0 saturated carbocycles. The molecule has 0 fully saturated rings. The second kappa shape index (κ2) is 4.25. The highest BCUT2D eigenvalue weighted by Gasteiger charge is 2.22. The average molecular weight is 247 g/mol. The van der Waals surface area contributed by atoms with Crippen molar-refractivity contribution in [3.05, 3.63) is 41.7 Å². The summed E-state index contributed by atoms with van der Waals surface area (Å²) in [5.41, 5.74) is -0.726. The monoisotopic (exact) mass is 247 g/mol. The summed E-state index contributed by atoms with van der Waals surface area (Å²) in [5, 5.41) is 37.7. The normalized spacial score (nSPS) is 10.2. The molecule has 6 heteroatoms. The van der Waals surface area contributed by atoms with Crippen molar-refractivity contribution in [3.63, 3.8) is 0 Å². The lowest BCUT2D eigenvalue weighted by atomic mass is 10.0. The molecule has 6 nitrogen and oxygen atoms in total. The lowest BCUT2D eigenvalue weighted by Gasteiger charge is -2.07. The van der Waals surface area contributed by atoms with Crippen molar-refractivity contribution in [2.45, 2.75) is 0 Å². The van der Waals surface area contributed by atoms with E-state index < -0.39 is 22.8 Å². The first-order valence-corrected chi connectivity index (χ1v) is 4.94. The van der Waals surface area contributed by atoms with E-state index in [2.05, 4.69) is 4.98 Å². The number of phenolic OH excluding ortho intramolecular Hbond substituents is 3. The minimum absolute atomic E-state index is 0.297. The van der Waals surface area contributed by atoms with Crippen LogP contribution in [0, 0.1) is 0 Å². The smallest absolute Gasteiger partial charge is 0.222 e. The van der Waals surface area contributed by atoms with Crippen LogP contribution in [0.5, 0.6) is 23.0 Å². The van der Waals surface area contributed by atoms with Crippen molar-refractivity contribution in [1.82, 2.24) is 4.98 Å². The van der Waals surface area contributed by atoms with Gasteiger partial charge in [-0.05, 0) is 12.1 Å². The molecule has 4 N–H and O–H groups in total. The fourth-order valence-electron chi connectivity index (χ4n) is 1.52. The third kappa shape index (κ3) is 1.91. The van der Waals surface area contributed by atoms with E-state index in [-0.39, 0.29) is 17.2 Å². The Balaban J connectivity index is 2.57. The second-order valence-corrected chi connectivity index (χ2v) is 3.56. The zero-order chi connectivity index (χ0) is 13.3. The maximum atomic E-state index is 12.0. The summed E-state index contributed by atoms with van der Waals surface area (Å²) in [6.45, 7) is 0. The summed E-state index contributed by atoms with van der Waals surface area (Å²) >= 11 is 0. The maximum Gasteiger partial charge on any atom is 0.222 e. The zero-order valence-electron chi connectivity index (χ0n) is 9.03. The van der Waals surface area contributed by atoms with Crippen LogP contribution in [0.25, 0.3) is 0 Å². The van der Waals surface area contributed by atoms with Crippen LogP contribution < -0.4 is 0 Å². The molecule has 1 heterocycles. The number of benzene rings is 1. The molecule has 0 aliphatic rings. The van der Waals surface area contributed by atoms with Gasteiger partial charge in [0.15, 0.2) is 5.69 Å². The number of nitrogens with zero attached hydrogens (tertiary/aromatic N) is 1. The highest BCUT2D eigenvalue weighted by atomic mass is 16.3. The van der Waals surface area contributed by atoms with Crippen LogP contribution in [0.2, 0.25) is 0 Å². The van der Waals surface area contributed by atoms with Gasteiger partial charge in [-0.1, -0.05) is 0 Å². The Morgan fingerprint density at radius 2 is 1.61 bits per heavy atom.